The molecule has 0 aliphatic rings. The molecule has 5 N–H and O–H groups in total. The number of phenols is 2. The number of carbonyl (C=O) groups is 3. The summed E-state index contributed by atoms with van der Waals surface area (Å²) in [5.41, 5.74) is 0.375. The largest absolute Gasteiger partial charge is 0.508 e. The predicted octanol–water partition coefficient (Wildman–Crippen LogP) is 1.60. The van der Waals surface area contributed by atoms with E-state index in [1.165, 1.54) is 12.1 Å². The van der Waals surface area contributed by atoms with Crippen molar-refractivity contribution in [1.29, 1.82) is 0 Å². The molecule has 8 nitrogen and oxygen atoms in total. The van der Waals surface area contributed by atoms with E-state index in [2.05, 4.69) is 5.32 Å². The molecule has 25 heavy (non-hydrogen) atoms. The lowest BCUT2D eigenvalue weighted by Crippen LogP contribution is -2.13. The Labute approximate surface area is 142 Å². The zero-order valence-electron chi connectivity index (χ0n) is 12.9. The van der Waals surface area contributed by atoms with Crippen LogP contribution < -0.4 is 5.32 Å². The maximum Gasteiger partial charge on any atom is 0.307 e. The molecule has 0 aromatic heterocycles. The first-order chi connectivity index (χ1) is 11.8. The van der Waals surface area contributed by atoms with Crippen LogP contribution in [0.3, 0.4) is 0 Å². The average molecular weight is 345 g/mol. The van der Waals surface area contributed by atoms with E-state index in [1.807, 2.05) is 0 Å². The van der Waals surface area contributed by atoms with Crippen LogP contribution in [0.1, 0.15) is 21.5 Å². The van der Waals surface area contributed by atoms with Crippen LogP contribution in [0.25, 0.3) is 0 Å². The van der Waals surface area contributed by atoms with E-state index < -0.39 is 30.0 Å². The monoisotopic (exact) mass is 345 g/mol. The summed E-state index contributed by atoms with van der Waals surface area (Å²) in [6.07, 6.45) is -0.779. The van der Waals surface area contributed by atoms with Crippen LogP contribution in [0, 0.1) is 0 Å². The van der Waals surface area contributed by atoms with E-state index in [0.29, 0.717) is 11.3 Å². The van der Waals surface area contributed by atoms with Crippen molar-refractivity contribution in [2.45, 2.75) is 12.8 Å². The molecule has 0 heterocycles. The molecule has 1 amide bonds. The number of carboxylic acid groups (broad SMARTS) is 2. The zero-order valence-corrected chi connectivity index (χ0v) is 12.9. The molecule has 0 radical (unpaired) electrons. The number of carbonyl (C=O) groups excluding carboxylic acids is 1. The summed E-state index contributed by atoms with van der Waals surface area (Å²) >= 11 is 0. The number of nitrogens with one attached hydrogen (secondary N) is 1. The minimum Gasteiger partial charge on any atom is -0.508 e. The summed E-state index contributed by atoms with van der Waals surface area (Å²) in [6.45, 7) is 0. The van der Waals surface area contributed by atoms with Crippen LogP contribution in [0.2, 0.25) is 0 Å². The van der Waals surface area contributed by atoms with Crippen LogP contribution in [0.15, 0.2) is 36.4 Å². The number of aromatic hydroxyl groups is 2. The number of phenolic OH excluding ortho intramolecular Hbond substituents is 2. The van der Waals surface area contributed by atoms with Gasteiger partial charge in [-0.25, -0.2) is 0 Å². The van der Waals surface area contributed by atoms with Gasteiger partial charge >= 0.3 is 11.9 Å². The Balaban J connectivity index is 2.28. The van der Waals surface area contributed by atoms with Gasteiger partial charge in [-0.1, -0.05) is 12.1 Å². The molecule has 0 unspecified atom stereocenters. The van der Waals surface area contributed by atoms with Crippen LogP contribution >= 0.6 is 0 Å². The van der Waals surface area contributed by atoms with Crippen LogP contribution in [0.4, 0.5) is 5.69 Å². The Bertz CT molecular complexity index is 845. The Kier molecular flexibility index (Phi) is 5.23. The van der Waals surface area contributed by atoms with Crippen LogP contribution in [0.5, 0.6) is 11.5 Å². The Morgan fingerprint density at radius 3 is 2.24 bits per heavy atom. The summed E-state index contributed by atoms with van der Waals surface area (Å²) in [5, 5.41) is 39.8. The van der Waals surface area contributed by atoms with E-state index in [1.54, 1.807) is 12.1 Å². The van der Waals surface area contributed by atoms with Gasteiger partial charge in [0.05, 0.1) is 18.4 Å². The molecule has 0 aliphatic carbocycles. The minimum atomic E-state index is -1.23. The number of hydrogen-bond donors (Lipinski definition) is 5. The fraction of sp³-hybridized carbons (Fsp3) is 0.118. The molecule has 0 saturated carbocycles. The first kappa shape index (κ1) is 17.8. The van der Waals surface area contributed by atoms with Crippen molar-refractivity contribution in [3.63, 3.8) is 0 Å². The van der Waals surface area contributed by atoms with Gasteiger partial charge in [-0.15, -0.1) is 0 Å². The highest BCUT2D eigenvalue weighted by Gasteiger charge is 2.18. The summed E-state index contributed by atoms with van der Waals surface area (Å²) in [7, 11) is 0. The van der Waals surface area contributed by atoms with Gasteiger partial charge in [-0.2, -0.15) is 0 Å². The molecule has 0 bridgehead atoms. The number of hydrogen-bond acceptors (Lipinski definition) is 5. The fourth-order valence-corrected chi connectivity index (χ4v) is 2.28. The molecular weight excluding hydrogens is 330 g/mol. The highest BCUT2D eigenvalue weighted by Crippen LogP contribution is 2.29. The highest BCUT2D eigenvalue weighted by atomic mass is 16.4. The summed E-state index contributed by atoms with van der Waals surface area (Å²) < 4.78 is 0. The third kappa shape index (κ3) is 4.71. The van der Waals surface area contributed by atoms with Gasteiger partial charge in [0.2, 0.25) is 0 Å². The topological polar surface area (TPSA) is 144 Å². The number of rotatable bonds is 6. The normalized spacial score (nSPS) is 10.2. The summed E-state index contributed by atoms with van der Waals surface area (Å²) in [5.74, 6) is -3.92. The standard InChI is InChI=1S/C17H15NO7/c19-12-6-10(7-15(22)23)16(24)13(8-12)17(25)18-11-3-1-2-9(4-11)5-14(20)21/h1-4,6,8,19,24H,5,7H2,(H,18,25)(H,20,21)(H,22,23). The molecule has 130 valence electrons. The van der Waals surface area contributed by atoms with Gasteiger partial charge in [0.25, 0.3) is 5.91 Å². The van der Waals surface area contributed by atoms with Gasteiger partial charge in [-0.3, -0.25) is 14.4 Å². The van der Waals surface area contributed by atoms with Crippen molar-refractivity contribution in [3.8, 4) is 11.5 Å². The average Bonchev–Trinajstić information content (AvgIpc) is 2.49. The van der Waals surface area contributed by atoms with E-state index in [-0.39, 0.29) is 23.3 Å². The van der Waals surface area contributed by atoms with E-state index in [9.17, 15) is 24.6 Å². The van der Waals surface area contributed by atoms with E-state index >= 15 is 0 Å². The zero-order chi connectivity index (χ0) is 18.6. The minimum absolute atomic E-state index is 0.0997. The molecule has 0 atom stereocenters. The van der Waals surface area contributed by atoms with Gasteiger partial charge in [-0.05, 0) is 29.8 Å². The van der Waals surface area contributed by atoms with Crippen molar-refractivity contribution in [3.05, 3.63) is 53.1 Å². The lowest BCUT2D eigenvalue weighted by Gasteiger charge is -2.11. The molecule has 2 rings (SSSR count). The van der Waals surface area contributed by atoms with Crippen molar-refractivity contribution in [2.75, 3.05) is 5.32 Å². The quantitative estimate of drug-likeness (QED) is 0.500. The predicted molar refractivity (Wildman–Crippen MR) is 86.8 cm³/mol. The van der Waals surface area contributed by atoms with Crippen molar-refractivity contribution < 1.29 is 34.8 Å². The van der Waals surface area contributed by atoms with Gasteiger partial charge < -0.3 is 25.7 Å². The van der Waals surface area contributed by atoms with E-state index in [4.69, 9.17) is 10.2 Å². The second kappa shape index (κ2) is 7.35. The number of aliphatic carboxylic acids is 2. The second-order valence-corrected chi connectivity index (χ2v) is 5.30. The first-order valence-electron chi connectivity index (χ1n) is 7.15. The molecule has 2 aromatic rings. The summed E-state index contributed by atoms with van der Waals surface area (Å²) in [6, 6.07) is 8.21. The van der Waals surface area contributed by atoms with Gasteiger partial charge in [0, 0.05) is 11.3 Å². The molecular formula is C17H15NO7. The second-order valence-electron chi connectivity index (χ2n) is 5.30. The number of anilines is 1. The third-order valence-electron chi connectivity index (χ3n) is 3.30. The molecule has 2 aromatic carbocycles. The lowest BCUT2D eigenvalue weighted by molar-refractivity contribution is -0.137. The van der Waals surface area contributed by atoms with Crippen LogP contribution in [-0.2, 0) is 22.4 Å². The Hall–Kier alpha value is -3.55. The molecule has 0 aliphatic heterocycles. The van der Waals surface area contributed by atoms with E-state index in [0.717, 1.165) is 12.1 Å². The van der Waals surface area contributed by atoms with Gasteiger partial charge in [0.1, 0.15) is 11.5 Å². The molecule has 0 spiro atoms. The van der Waals surface area contributed by atoms with Crippen LogP contribution in [-0.4, -0.2) is 38.3 Å². The van der Waals surface area contributed by atoms with Crippen molar-refractivity contribution in [1.82, 2.24) is 0 Å². The fourth-order valence-electron chi connectivity index (χ4n) is 2.28. The molecule has 8 heteroatoms. The molecule has 0 fully saturated rings. The van der Waals surface area contributed by atoms with Crippen molar-refractivity contribution >= 4 is 23.5 Å². The summed E-state index contributed by atoms with van der Waals surface area (Å²) in [4.78, 5) is 33.8. The smallest absolute Gasteiger partial charge is 0.307 e. The maximum atomic E-state index is 12.3. The Morgan fingerprint density at radius 1 is 0.920 bits per heavy atom. The maximum absolute atomic E-state index is 12.3. The van der Waals surface area contributed by atoms with Crippen molar-refractivity contribution in [2.24, 2.45) is 0 Å². The SMILES string of the molecule is O=C(O)Cc1cccc(NC(=O)c2cc(O)cc(CC(=O)O)c2O)c1. The number of carboxylic acids is 2. The highest BCUT2D eigenvalue weighted by molar-refractivity contribution is 6.06. The first-order valence-corrected chi connectivity index (χ1v) is 7.15. The Morgan fingerprint density at radius 2 is 1.60 bits per heavy atom. The lowest BCUT2D eigenvalue weighted by atomic mass is 10.0. The van der Waals surface area contributed by atoms with Gasteiger partial charge in [0.15, 0.2) is 0 Å². The molecule has 0 saturated heterocycles. The number of benzene rings is 2. The number of amides is 1. The third-order valence-corrected chi connectivity index (χ3v) is 3.30.